The molecule has 0 aromatic rings. The second-order valence-corrected chi connectivity index (χ2v) is 9.25. The lowest BCUT2D eigenvalue weighted by Crippen LogP contribution is -2.56. The highest BCUT2D eigenvalue weighted by atomic mass is 16.5. The molecule has 0 saturated carbocycles. The Morgan fingerprint density at radius 3 is 1.50 bits per heavy atom. The van der Waals surface area contributed by atoms with E-state index in [9.17, 15) is 19.2 Å². The first kappa shape index (κ1) is 29.4. The van der Waals surface area contributed by atoms with Crippen LogP contribution in [0.1, 0.15) is 67.7 Å². The van der Waals surface area contributed by atoms with Crippen LogP contribution in [0.25, 0.3) is 0 Å². The number of amides is 3. The fraction of sp³-hybridized carbons (Fsp3) is 0.773. The van der Waals surface area contributed by atoms with E-state index in [4.69, 9.17) is 9.94 Å². The second-order valence-electron chi connectivity index (χ2n) is 9.25. The number of hydrogen-bond acceptors (Lipinski definition) is 7. The Morgan fingerprint density at radius 2 is 1.12 bits per heavy atom. The maximum atomic E-state index is 13.0. The van der Waals surface area contributed by atoms with Gasteiger partial charge >= 0.3 is 5.97 Å². The molecule has 0 heterocycles. The van der Waals surface area contributed by atoms with Crippen LogP contribution in [-0.4, -0.2) is 59.8 Å². The molecule has 4 N–H and O–H groups in total. The summed E-state index contributed by atoms with van der Waals surface area (Å²) in [7, 11) is 1.26. The highest BCUT2D eigenvalue weighted by Crippen LogP contribution is 2.11. The first-order valence-corrected chi connectivity index (χ1v) is 11.0. The third-order valence-corrected chi connectivity index (χ3v) is 4.66. The van der Waals surface area contributed by atoms with Gasteiger partial charge in [-0.15, -0.1) is 0 Å². The van der Waals surface area contributed by atoms with E-state index in [-0.39, 0.29) is 23.5 Å². The molecule has 0 fully saturated rings. The van der Waals surface area contributed by atoms with Crippen molar-refractivity contribution >= 4 is 29.4 Å². The van der Waals surface area contributed by atoms with E-state index in [1.807, 2.05) is 41.5 Å². The summed E-state index contributed by atoms with van der Waals surface area (Å²) in [6.45, 7) is 12.8. The standard InChI is InChI=1S/C22H40N4O6/c1-12(2)9-16(23-19(27)15(7)26-31)20(28)24-17(10-13(3)4)21(29)25-18(11-14(5)6)22(30)32-8/h12-14,16-18,31H,9-11H2,1-8H3,(H,23,27)(H,24,28)(H,25,29)/b26-15+/t16-,17-,18-/m0/s1. The lowest BCUT2D eigenvalue weighted by atomic mass is 9.99. The topological polar surface area (TPSA) is 146 Å². The van der Waals surface area contributed by atoms with Gasteiger partial charge in [0.05, 0.1) is 7.11 Å². The zero-order valence-electron chi connectivity index (χ0n) is 20.5. The van der Waals surface area contributed by atoms with Crippen molar-refractivity contribution in [2.75, 3.05) is 7.11 Å². The Balaban J connectivity index is 5.57. The largest absolute Gasteiger partial charge is 0.467 e. The number of ether oxygens (including phenoxy) is 1. The van der Waals surface area contributed by atoms with Crippen molar-refractivity contribution in [1.82, 2.24) is 16.0 Å². The van der Waals surface area contributed by atoms with E-state index in [2.05, 4.69) is 21.1 Å². The van der Waals surface area contributed by atoms with Crippen molar-refractivity contribution in [1.29, 1.82) is 0 Å². The molecular formula is C22H40N4O6. The molecule has 32 heavy (non-hydrogen) atoms. The molecule has 3 atom stereocenters. The predicted molar refractivity (Wildman–Crippen MR) is 121 cm³/mol. The van der Waals surface area contributed by atoms with Crippen LogP contribution in [-0.2, 0) is 23.9 Å². The third kappa shape index (κ3) is 11.1. The van der Waals surface area contributed by atoms with Gasteiger partial charge in [-0.1, -0.05) is 46.7 Å². The normalized spacial score (nSPS) is 14.7. The van der Waals surface area contributed by atoms with Crippen LogP contribution in [0.3, 0.4) is 0 Å². The van der Waals surface area contributed by atoms with Gasteiger partial charge in [-0.25, -0.2) is 4.79 Å². The zero-order valence-corrected chi connectivity index (χ0v) is 20.5. The molecule has 0 rings (SSSR count). The average molecular weight is 457 g/mol. The Hall–Kier alpha value is -2.65. The fourth-order valence-corrected chi connectivity index (χ4v) is 3.09. The number of carbonyl (C=O) groups is 4. The predicted octanol–water partition coefficient (Wildman–Crippen LogP) is 1.60. The van der Waals surface area contributed by atoms with Crippen LogP contribution >= 0.6 is 0 Å². The van der Waals surface area contributed by atoms with Crippen molar-refractivity contribution < 1.29 is 29.1 Å². The van der Waals surface area contributed by atoms with Crippen molar-refractivity contribution in [2.45, 2.75) is 85.9 Å². The number of nitrogens with one attached hydrogen (secondary N) is 3. The van der Waals surface area contributed by atoms with E-state index in [1.54, 1.807) is 0 Å². The molecule has 0 aliphatic heterocycles. The molecule has 184 valence electrons. The molecule has 0 aromatic carbocycles. The molecular weight excluding hydrogens is 416 g/mol. The van der Waals surface area contributed by atoms with Gasteiger partial charge in [0, 0.05) is 0 Å². The quantitative estimate of drug-likeness (QED) is 0.143. The van der Waals surface area contributed by atoms with E-state index >= 15 is 0 Å². The number of rotatable bonds is 13. The maximum Gasteiger partial charge on any atom is 0.328 e. The monoisotopic (exact) mass is 456 g/mol. The van der Waals surface area contributed by atoms with Gasteiger partial charge in [-0.2, -0.15) is 0 Å². The summed E-state index contributed by atoms with van der Waals surface area (Å²) in [4.78, 5) is 50.2. The first-order valence-electron chi connectivity index (χ1n) is 11.0. The first-order chi connectivity index (χ1) is 14.8. The molecule has 0 spiro atoms. The Labute approximate surface area is 190 Å². The SMILES string of the molecule is COC(=O)[C@H](CC(C)C)NC(=O)[C@H](CC(C)C)NC(=O)[C@H](CC(C)C)NC(=O)/C(C)=N/O. The number of methoxy groups -OCH3 is 1. The van der Waals surface area contributed by atoms with Gasteiger partial charge in [-0.05, 0) is 43.9 Å². The van der Waals surface area contributed by atoms with Gasteiger partial charge in [0.2, 0.25) is 11.8 Å². The van der Waals surface area contributed by atoms with E-state index in [0.717, 1.165) is 0 Å². The van der Waals surface area contributed by atoms with Gasteiger partial charge in [0.15, 0.2) is 0 Å². The van der Waals surface area contributed by atoms with Crippen LogP contribution in [0.4, 0.5) is 0 Å². The summed E-state index contributed by atoms with van der Waals surface area (Å²) in [6, 6.07) is -2.65. The summed E-state index contributed by atoms with van der Waals surface area (Å²) in [5.74, 6) is -1.96. The van der Waals surface area contributed by atoms with E-state index in [1.165, 1.54) is 14.0 Å². The molecule has 0 aliphatic carbocycles. The minimum Gasteiger partial charge on any atom is -0.467 e. The molecule has 0 aromatic heterocycles. The lowest BCUT2D eigenvalue weighted by Gasteiger charge is -2.26. The third-order valence-electron chi connectivity index (χ3n) is 4.66. The molecule has 0 bridgehead atoms. The van der Waals surface area contributed by atoms with Crippen LogP contribution in [0.15, 0.2) is 5.16 Å². The van der Waals surface area contributed by atoms with Crippen LogP contribution < -0.4 is 16.0 Å². The minimum atomic E-state index is -0.922. The van der Waals surface area contributed by atoms with Crippen LogP contribution in [0.2, 0.25) is 0 Å². The molecule has 3 amide bonds. The zero-order chi connectivity index (χ0) is 25.0. The summed E-state index contributed by atoms with van der Waals surface area (Å²) < 4.78 is 4.79. The molecule has 0 unspecified atom stereocenters. The number of oxime groups is 1. The highest BCUT2D eigenvalue weighted by Gasteiger charge is 2.31. The van der Waals surface area contributed by atoms with E-state index < -0.39 is 41.8 Å². The molecule has 0 aliphatic rings. The number of nitrogens with zero attached hydrogens (tertiary/aromatic N) is 1. The second kappa shape index (κ2) is 14.4. The van der Waals surface area contributed by atoms with Crippen molar-refractivity contribution in [3.63, 3.8) is 0 Å². The van der Waals surface area contributed by atoms with Crippen LogP contribution in [0.5, 0.6) is 0 Å². The van der Waals surface area contributed by atoms with Gasteiger partial charge < -0.3 is 25.9 Å². The fourth-order valence-electron chi connectivity index (χ4n) is 3.09. The minimum absolute atomic E-state index is 0.0737. The van der Waals surface area contributed by atoms with E-state index in [0.29, 0.717) is 19.3 Å². The molecule has 10 heteroatoms. The number of carbonyl (C=O) groups excluding carboxylic acids is 4. The summed E-state index contributed by atoms with van der Waals surface area (Å²) in [6.07, 6.45) is 1.06. The van der Waals surface area contributed by atoms with Gasteiger partial charge in [0.25, 0.3) is 5.91 Å². The van der Waals surface area contributed by atoms with Gasteiger partial charge in [0.1, 0.15) is 23.8 Å². The average Bonchev–Trinajstić information content (AvgIpc) is 2.69. The maximum absolute atomic E-state index is 13.0. The van der Waals surface area contributed by atoms with Crippen molar-refractivity contribution in [3.05, 3.63) is 0 Å². The van der Waals surface area contributed by atoms with Crippen molar-refractivity contribution in [2.24, 2.45) is 22.9 Å². The smallest absolute Gasteiger partial charge is 0.328 e. The Bertz CT molecular complexity index is 675. The lowest BCUT2D eigenvalue weighted by molar-refractivity contribution is -0.146. The van der Waals surface area contributed by atoms with Gasteiger partial charge in [-0.3, -0.25) is 14.4 Å². The summed E-state index contributed by atoms with van der Waals surface area (Å²) in [5.41, 5.74) is -0.183. The Morgan fingerprint density at radius 1 is 0.750 bits per heavy atom. The summed E-state index contributed by atoms with van der Waals surface area (Å²) >= 11 is 0. The highest BCUT2D eigenvalue weighted by molar-refractivity contribution is 6.38. The molecule has 0 saturated heterocycles. The number of esters is 1. The number of hydrogen-bond donors (Lipinski definition) is 4. The molecule has 0 radical (unpaired) electrons. The van der Waals surface area contributed by atoms with Crippen LogP contribution in [0, 0.1) is 17.8 Å². The summed E-state index contributed by atoms with van der Waals surface area (Å²) in [5, 5.41) is 19.6. The van der Waals surface area contributed by atoms with Crippen molar-refractivity contribution in [3.8, 4) is 0 Å². The Kier molecular flexibility index (Phi) is 13.2. The molecule has 10 nitrogen and oxygen atoms in total.